The predicted octanol–water partition coefficient (Wildman–Crippen LogP) is 4.41. The number of nitrogens with one attached hydrogen (secondary N) is 1. The Kier molecular flexibility index (Phi) is 5.81. The minimum Gasteiger partial charge on any atom is -0.372 e. The van der Waals surface area contributed by atoms with Crippen molar-refractivity contribution >= 4 is 29.0 Å². The van der Waals surface area contributed by atoms with Crippen LogP contribution in [0, 0.1) is 0 Å². The SMILES string of the molecule is C[C@@H]1CCN(C)c2ccc(-c3cccc(N4CCCC4)c3)nc2N1C(=O)Nc1cnccn1. The number of urea groups is 1. The summed E-state index contributed by atoms with van der Waals surface area (Å²) >= 11 is 0. The lowest BCUT2D eigenvalue weighted by atomic mass is 10.1. The highest BCUT2D eigenvalue weighted by Gasteiger charge is 2.30. The molecule has 1 N–H and O–H groups in total. The number of hydrogen-bond donors (Lipinski definition) is 1. The van der Waals surface area contributed by atoms with Crippen molar-refractivity contribution in [2.75, 3.05) is 46.7 Å². The van der Waals surface area contributed by atoms with E-state index in [0.29, 0.717) is 11.6 Å². The highest BCUT2D eigenvalue weighted by molar-refractivity contribution is 6.03. The van der Waals surface area contributed by atoms with Gasteiger partial charge in [-0.25, -0.2) is 14.8 Å². The van der Waals surface area contributed by atoms with E-state index in [1.54, 1.807) is 23.5 Å². The van der Waals surface area contributed by atoms with Crippen molar-refractivity contribution in [1.29, 1.82) is 0 Å². The summed E-state index contributed by atoms with van der Waals surface area (Å²) in [6.45, 7) is 5.09. The van der Waals surface area contributed by atoms with Gasteiger partial charge in [-0.05, 0) is 50.5 Å². The van der Waals surface area contributed by atoms with Gasteiger partial charge in [-0.2, -0.15) is 0 Å². The van der Waals surface area contributed by atoms with E-state index in [1.807, 2.05) is 13.1 Å². The van der Waals surface area contributed by atoms with Gasteiger partial charge in [0.05, 0.1) is 17.6 Å². The van der Waals surface area contributed by atoms with Crippen molar-refractivity contribution in [3.63, 3.8) is 0 Å². The molecule has 3 aromatic rings. The number of rotatable bonds is 3. The van der Waals surface area contributed by atoms with Crippen LogP contribution in [0.15, 0.2) is 55.0 Å². The third-order valence-electron chi connectivity index (χ3n) is 6.45. The molecule has 0 saturated carbocycles. The van der Waals surface area contributed by atoms with E-state index in [1.165, 1.54) is 18.5 Å². The summed E-state index contributed by atoms with van der Waals surface area (Å²) in [6.07, 6.45) is 8.00. The Labute approximate surface area is 194 Å². The van der Waals surface area contributed by atoms with Gasteiger partial charge in [-0.1, -0.05) is 12.1 Å². The summed E-state index contributed by atoms with van der Waals surface area (Å²) in [4.78, 5) is 33.0. The summed E-state index contributed by atoms with van der Waals surface area (Å²) in [5, 5.41) is 2.88. The number of pyridine rings is 1. The van der Waals surface area contributed by atoms with Crippen LogP contribution in [0.1, 0.15) is 26.2 Å². The highest BCUT2D eigenvalue weighted by Crippen LogP contribution is 2.36. The number of carbonyl (C=O) groups is 1. The topological polar surface area (TPSA) is 77.5 Å². The van der Waals surface area contributed by atoms with Crippen LogP contribution in [-0.2, 0) is 0 Å². The first-order valence-electron chi connectivity index (χ1n) is 11.5. The smallest absolute Gasteiger partial charge is 0.329 e. The Morgan fingerprint density at radius 2 is 1.94 bits per heavy atom. The molecule has 2 aliphatic rings. The lowest BCUT2D eigenvalue weighted by molar-refractivity contribution is 0.255. The Balaban J connectivity index is 1.52. The van der Waals surface area contributed by atoms with Crippen LogP contribution < -0.4 is 20.0 Å². The average Bonchev–Trinajstić information content (AvgIpc) is 3.35. The molecule has 5 rings (SSSR count). The Hall–Kier alpha value is -3.68. The largest absolute Gasteiger partial charge is 0.372 e. The number of benzene rings is 1. The van der Waals surface area contributed by atoms with Gasteiger partial charge in [0.2, 0.25) is 0 Å². The first kappa shape index (κ1) is 21.2. The lowest BCUT2D eigenvalue weighted by Crippen LogP contribution is -2.42. The van der Waals surface area contributed by atoms with E-state index in [0.717, 1.165) is 43.0 Å². The van der Waals surface area contributed by atoms with Crippen LogP contribution in [-0.4, -0.2) is 53.7 Å². The van der Waals surface area contributed by atoms with E-state index in [9.17, 15) is 4.79 Å². The van der Waals surface area contributed by atoms with Crippen molar-refractivity contribution in [1.82, 2.24) is 15.0 Å². The van der Waals surface area contributed by atoms with Crippen molar-refractivity contribution in [2.45, 2.75) is 32.2 Å². The van der Waals surface area contributed by atoms with Crippen LogP contribution in [0.5, 0.6) is 0 Å². The van der Waals surface area contributed by atoms with Crippen molar-refractivity contribution < 1.29 is 4.79 Å². The van der Waals surface area contributed by atoms with Gasteiger partial charge in [0, 0.05) is 56.4 Å². The molecular weight excluding hydrogens is 414 g/mol. The number of carbonyl (C=O) groups excluding carboxylic acids is 1. The van der Waals surface area contributed by atoms with E-state index in [2.05, 4.69) is 62.3 Å². The minimum atomic E-state index is -0.255. The highest BCUT2D eigenvalue weighted by atomic mass is 16.2. The van der Waals surface area contributed by atoms with Gasteiger partial charge in [0.25, 0.3) is 0 Å². The first-order chi connectivity index (χ1) is 16.1. The molecule has 8 heteroatoms. The normalized spacial score (nSPS) is 18.1. The molecule has 1 fully saturated rings. The Bertz CT molecular complexity index is 1130. The number of amides is 2. The zero-order valence-electron chi connectivity index (χ0n) is 19.1. The fraction of sp³-hybridized carbons (Fsp3) is 0.360. The molecule has 0 unspecified atom stereocenters. The third-order valence-corrected chi connectivity index (χ3v) is 6.45. The van der Waals surface area contributed by atoms with Gasteiger partial charge in [0.1, 0.15) is 0 Å². The quantitative estimate of drug-likeness (QED) is 0.646. The molecule has 1 aromatic carbocycles. The maximum atomic E-state index is 13.4. The maximum Gasteiger partial charge on any atom is 0.329 e. The Morgan fingerprint density at radius 1 is 1.09 bits per heavy atom. The van der Waals surface area contributed by atoms with Gasteiger partial charge in [-0.15, -0.1) is 0 Å². The molecule has 0 bridgehead atoms. The van der Waals surface area contributed by atoms with Crippen molar-refractivity contribution in [3.05, 3.63) is 55.0 Å². The van der Waals surface area contributed by atoms with Crippen molar-refractivity contribution in [2.24, 2.45) is 0 Å². The molecule has 4 heterocycles. The molecule has 0 aliphatic carbocycles. The van der Waals surface area contributed by atoms with Gasteiger partial charge < -0.3 is 9.80 Å². The standard InChI is InChI=1S/C25H29N7O/c1-18-10-15-30(2)22-9-8-21(19-6-5-7-20(16-19)31-13-3-4-14-31)28-24(22)32(18)25(33)29-23-17-26-11-12-27-23/h5-9,11-12,16-18H,3-4,10,13-15H2,1-2H3,(H,27,29,33)/t18-/m1/s1. The minimum absolute atomic E-state index is 0.0240. The molecule has 33 heavy (non-hydrogen) atoms. The van der Waals surface area contributed by atoms with Crippen LogP contribution in [0.25, 0.3) is 11.3 Å². The summed E-state index contributed by atoms with van der Waals surface area (Å²) in [7, 11) is 2.05. The second-order valence-corrected chi connectivity index (χ2v) is 8.73. The second-order valence-electron chi connectivity index (χ2n) is 8.73. The number of aromatic nitrogens is 3. The fourth-order valence-electron chi connectivity index (χ4n) is 4.58. The molecule has 170 valence electrons. The van der Waals surface area contributed by atoms with E-state index < -0.39 is 0 Å². The van der Waals surface area contributed by atoms with Gasteiger partial charge >= 0.3 is 6.03 Å². The van der Waals surface area contributed by atoms with Gasteiger partial charge in [0.15, 0.2) is 11.6 Å². The average molecular weight is 444 g/mol. The van der Waals surface area contributed by atoms with Crippen LogP contribution in [0.4, 0.5) is 27.8 Å². The second kappa shape index (κ2) is 9.05. The monoisotopic (exact) mass is 443 g/mol. The summed E-state index contributed by atoms with van der Waals surface area (Å²) in [5.74, 6) is 1.08. The number of fused-ring (bicyclic) bond motifs is 1. The molecule has 0 radical (unpaired) electrons. The van der Waals surface area contributed by atoms with Crippen LogP contribution >= 0.6 is 0 Å². The van der Waals surface area contributed by atoms with E-state index in [4.69, 9.17) is 4.98 Å². The van der Waals surface area contributed by atoms with E-state index >= 15 is 0 Å². The molecule has 1 atom stereocenters. The summed E-state index contributed by atoms with van der Waals surface area (Å²) < 4.78 is 0. The zero-order chi connectivity index (χ0) is 22.8. The molecule has 8 nitrogen and oxygen atoms in total. The molecule has 2 aromatic heterocycles. The number of nitrogens with zero attached hydrogens (tertiary/aromatic N) is 6. The summed E-state index contributed by atoms with van der Waals surface area (Å²) in [5.41, 5.74) is 4.07. The number of hydrogen-bond acceptors (Lipinski definition) is 6. The summed E-state index contributed by atoms with van der Waals surface area (Å²) in [6, 6.07) is 12.4. The third kappa shape index (κ3) is 4.33. The van der Waals surface area contributed by atoms with Gasteiger partial charge in [-0.3, -0.25) is 15.2 Å². The fourth-order valence-corrected chi connectivity index (χ4v) is 4.58. The zero-order valence-corrected chi connectivity index (χ0v) is 19.1. The van der Waals surface area contributed by atoms with E-state index in [-0.39, 0.29) is 12.1 Å². The molecule has 2 amide bonds. The number of anilines is 4. The van der Waals surface area contributed by atoms with Crippen LogP contribution in [0.3, 0.4) is 0 Å². The maximum absolute atomic E-state index is 13.4. The predicted molar refractivity (Wildman–Crippen MR) is 132 cm³/mol. The Morgan fingerprint density at radius 3 is 2.73 bits per heavy atom. The molecule has 1 saturated heterocycles. The first-order valence-corrected chi connectivity index (χ1v) is 11.5. The molecule has 0 spiro atoms. The molecule has 2 aliphatic heterocycles. The van der Waals surface area contributed by atoms with Crippen molar-refractivity contribution in [3.8, 4) is 11.3 Å². The molecular formula is C25H29N7O. The lowest BCUT2D eigenvalue weighted by Gasteiger charge is -2.28. The van der Waals surface area contributed by atoms with Crippen LogP contribution in [0.2, 0.25) is 0 Å².